The van der Waals surface area contributed by atoms with Crippen molar-refractivity contribution in [3.8, 4) is 11.1 Å². The molecular weight excluding hydrogens is 377 g/mol. The van der Waals surface area contributed by atoms with Crippen LogP contribution in [0.5, 0.6) is 0 Å². The minimum absolute atomic E-state index is 0.0537. The van der Waals surface area contributed by atoms with Crippen LogP contribution in [0.15, 0.2) is 18.5 Å². The van der Waals surface area contributed by atoms with Gasteiger partial charge in [-0.1, -0.05) is 32.4 Å². The zero-order chi connectivity index (χ0) is 20.1. The van der Waals surface area contributed by atoms with Crippen molar-refractivity contribution in [1.82, 2.24) is 19.6 Å². The Morgan fingerprint density at radius 3 is 2.22 bits per heavy atom. The van der Waals surface area contributed by atoms with E-state index in [4.69, 9.17) is 11.6 Å². The van der Waals surface area contributed by atoms with Gasteiger partial charge in [-0.2, -0.15) is 19.6 Å². The number of hydrogen-bond acceptors (Lipinski definition) is 4. The summed E-state index contributed by atoms with van der Waals surface area (Å²) in [4.78, 5) is 8.05. The Balaban J connectivity index is 2.36. The molecule has 0 amide bonds. The average Bonchev–Trinajstić information content (AvgIpc) is 2.95. The Bertz CT molecular complexity index is 1010. The molecular formula is C17H18BClF3N5. The molecule has 0 bridgehead atoms. The summed E-state index contributed by atoms with van der Waals surface area (Å²) in [7, 11) is 1.94. The monoisotopic (exact) mass is 395 g/mol. The third-order valence-corrected chi connectivity index (χ3v) is 5.22. The lowest BCUT2D eigenvalue weighted by Crippen LogP contribution is -2.48. The fourth-order valence-electron chi connectivity index (χ4n) is 2.42. The molecule has 1 atom stereocenters. The zero-order valence-corrected chi connectivity index (χ0v) is 16.3. The van der Waals surface area contributed by atoms with Gasteiger partial charge in [0, 0.05) is 17.6 Å². The second kappa shape index (κ2) is 6.40. The summed E-state index contributed by atoms with van der Waals surface area (Å²) in [5, 5.41) is 7.19. The lowest BCUT2D eigenvalue weighted by molar-refractivity contribution is 0.319. The van der Waals surface area contributed by atoms with Gasteiger partial charge in [0.15, 0.2) is 0 Å². The Morgan fingerprint density at radius 2 is 1.67 bits per heavy atom. The lowest BCUT2D eigenvalue weighted by Gasteiger charge is -2.41. The lowest BCUT2D eigenvalue weighted by atomic mass is 9.62. The zero-order valence-electron chi connectivity index (χ0n) is 15.5. The summed E-state index contributed by atoms with van der Waals surface area (Å²) >= 11 is 6.27. The first-order valence-electron chi connectivity index (χ1n) is 8.25. The minimum Gasteiger partial charge on any atom is -0.371 e. The summed E-state index contributed by atoms with van der Waals surface area (Å²) in [6, 6.07) is 1.19. The molecule has 0 aliphatic heterocycles. The highest BCUT2D eigenvalue weighted by atomic mass is 35.5. The molecule has 0 aliphatic rings. The number of anilines is 1. The summed E-state index contributed by atoms with van der Waals surface area (Å²) in [5.41, 5.74) is -1.33. The number of benzene rings is 1. The molecule has 1 aromatic carbocycles. The second-order valence-corrected chi connectivity index (χ2v) is 8.20. The first-order valence-corrected chi connectivity index (χ1v) is 8.62. The Morgan fingerprint density at radius 1 is 1.07 bits per heavy atom. The summed E-state index contributed by atoms with van der Waals surface area (Å²) in [6.07, 6.45) is 1.26. The van der Waals surface area contributed by atoms with Gasteiger partial charge in [-0.15, -0.1) is 0 Å². The largest absolute Gasteiger partial charge is 0.371 e. The van der Waals surface area contributed by atoms with Crippen molar-refractivity contribution in [3.63, 3.8) is 0 Å². The number of rotatable bonds is 3. The van der Waals surface area contributed by atoms with Crippen molar-refractivity contribution in [1.29, 1.82) is 0 Å². The van der Waals surface area contributed by atoms with E-state index in [9.17, 15) is 13.2 Å². The molecule has 142 valence electrons. The van der Waals surface area contributed by atoms with Gasteiger partial charge >= 0.3 is 0 Å². The van der Waals surface area contributed by atoms with Gasteiger partial charge in [0.25, 0.3) is 5.78 Å². The molecule has 10 heteroatoms. The maximum Gasteiger partial charge on any atom is 0.255 e. The van der Waals surface area contributed by atoms with Crippen LogP contribution in [0.2, 0.25) is 5.15 Å². The van der Waals surface area contributed by atoms with Crippen LogP contribution in [0.25, 0.3) is 16.9 Å². The average molecular weight is 396 g/mol. The molecule has 5 nitrogen and oxygen atoms in total. The molecule has 3 aromatic rings. The van der Waals surface area contributed by atoms with E-state index in [1.165, 1.54) is 10.8 Å². The van der Waals surface area contributed by atoms with E-state index in [0.717, 1.165) is 0 Å². The van der Waals surface area contributed by atoms with Gasteiger partial charge in [-0.05, 0) is 12.3 Å². The van der Waals surface area contributed by atoms with Gasteiger partial charge in [-0.25, -0.2) is 13.2 Å². The highest BCUT2D eigenvalue weighted by molar-refractivity contribution is 6.33. The first kappa shape index (κ1) is 19.5. The number of fused-ring (bicyclic) bond motifs is 1. The predicted octanol–water partition coefficient (Wildman–Crippen LogP) is 3.67. The standard InChI is InChI=1S/C17H18BClF3N5/c1-16(2,3)17(4,18)26-14-12(11-9(21)5-8(20)6-10(11)22)13(19)25-15-23-7-24-27(14)15/h5-7,26H,18H2,1-4H3. The van der Waals surface area contributed by atoms with Crippen LogP contribution in [0.4, 0.5) is 19.0 Å². The first-order chi connectivity index (χ1) is 12.4. The van der Waals surface area contributed by atoms with Crippen molar-refractivity contribution in [2.45, 2.75) is 33.1 Å². The smallest absolute Gasteiger partial charge is 0.255 e. The van der Waals surface area contributed by atoms with Crippen molar-refractivity contribution >= 4 is 31.0 Å². The Kier molecular flexibility index (Phi) is 4.62. The SMILES string of the molecule is BC(C)(Nc1c(-c2c(F)cc(F)cc2F)c(Cl)nc2ncnn12)C(C)(C)C. The van der Waals surface area contributed by atoms with Crippen LogP contribution in [0.1, 0.15) is 27.7 Å². The van der Waals surface area contributed by atoms with Crippen LogP contribution in [0.3, 0.4) is 0 Å². The molecule has 1 N–H and O–H groups in total. The number of aromatic nitrogens is 4. The molecule has 2 aromatic heterocycles. The van der Waals surface area contributed by atoms with Crippen LogP contribution in [0, 0.1) is 22.9 Å². The van der Waals surface area contributed by atoms with Crippen LogP contribution >= 0.6 is 11.6 Å². The highest BCUT2D eigenvalue weighted by Crippen LogP contribution is 2.40. The van der Waals surface area contributed by atoms with E-state index in [1.807, 2.05) is 35.5 Å². The van der Waals surface area contributed by atoms with E-state index >= 15 is 0 Å². The van der Waals surface area contributed by atoms with Crippen LogP contribution < -0.4 is 5.32 Å². The number of nitrogens with one attached hydrogen (secondary N) is 1. The van der Waals surface area contributed by atoms with Crippen LogP contribution in [-0.2, 0) is 0 Å². The third kappa shape index (κ3) is 3.36. The molecule has 0 saturated carbocycles. The molecule has 3 rings (SSSR count). The van der Waals surface area contributed by atoms with Gasteiger partial charge in [0.2, 0.25) is 0 Å². The Labute approximate surface area is 160 Å². The number of nitrogens with zero attached hydrogens (tertiary/aromatic N) is 4. The molecule has 2 heterocycles. The fraction of sp³-hybridized carbons (Fsp3) is 0.353. The second-order valence-electron chi connectivity index (χ2n) is 7.84. The molecule has 0 radical (unpaired) electrons. The maximum atomic E-state index is 14.5. The molecule has 27 heavy (non-hydrogen) atoms. The van der Waals surface area contributed by atoms with E-state index in [1.54, 1.807) is 0 Å². The van der Waals surface area contributed by atoms with Crippen LogP contribution in [-0.4, -0.2) is 32.9 Å². The van der Waals surface area contributed by atoms with Gasteiger partial charge in [-0.3, -0.25) is 0 Å². The maximum absolute atomic E-state index is 14.5. The summed E-state index contributed by atoms with van der Waals surface area (Å²) in [5.74, 6) is -2.82. The summed E-state index contributed by atoms with van der Waals surface area (Å²) in [6.45, 7) is 7.98. The van der Waals surface area contributed by atoms with E-state index < -0.39 is 28.5 Å². The van der Waals surface area contributed by atoms with Gasteiger partial charge in [0.05, 0.1) is 11.1 Å². The quantitative estimate of drug-likeness (QED) is 0.543. The molecule has 0 aliphatic carbocycles. The molecule has 1 unspecified atom stereocenters. The van der Waals surface area contributed by atoms with Crippen molar-refractivity contribution in [2.24, 2.45) is 5.41 Å². The van der Waals surface area contributed by atoms with E-state index in [-0.39, 0.29) is 27.7 Å². The minimum atomic E-state index is -1.09. The molecule has 0 fully saturated rings. The third-order valence-electron chi connectivity index (χ3n) is 4.95. The van der Waals surface area contributed by atoms with Crippen molar-refractivity contribution in [3.05, 3.63) is 41.1 Å². The predicted molar refractivity (Wildman–Crippen MR) is 101 cm³/mol. The van der Waals surface area contributed by atoms with E-state index in [0.29, 0.717) is 12.1 Å². The van der Waals surface area contributed by atoms with E-state index in [2.05, 4.69) is 20.4 Å². The van der Waals surface area contributed by atoms with Gasteiger partial charge in [0.1, 0.15) is 42.6 Å². The van der Waals surface area contributed by atoms with Crippen molar-refractivity contribution < 1.29 is 13.2 Å². The highest BCUT2D eigenvalue weighted by Gasteiger charge is 2.35. The number of halogens is 4. The summed E-state index contributed by atoms with van der Waals surface area (Å²) < 4.78 is 43.7. The van der Waals surface area contributed by atoms with Crippen molar-refractivity contribution in [2.75, 3.05) is 5.32 Å². The Hall–Kier alpha value is -2.29. The fourth-order valence-corrected chi connectivity index (χ4v) is 2.68. The topological polar surface area (TPSA) is 55.1 Å². The molecule has 0 spiro atoms. The molecule has 0 saturated heterocycles. The number of hydrogen-bond donors (Lipinski definition) is 1. The normalized spacial score (nSPS) is 14.4. The van der Waals surface area contributed by atoms with Gasteiger partial charge < -0.3 is 5.32 Å².